The van der Waals surface area contributed by atoms with Crippen molar-refractivity contribution in [2.75, 3.05) is 41.7 Å². The predicted octanol–water partition coefficient (Wildman–Crippen LogP) is 28.0. The minimum absolute atomic E-state index is 0.0246. The molecule has 0 bridgehead atoms. The monoisotopic (exact) mass is 1940 g/mol. The second-order valence-electron chi connectivity index (χ2n) is 38.8. The molecule has 0 saturated carbocycles. The van der Waals surface area contributed by atoms with Gasteiger partial charge in [0.2, 0.25) is 11.4 Å². The lowest BCUT2D eigenvalue weighted by Crippen LogP contribution is -2.24. The fourth-order valence-corrected chi connectivity index (χ4v) is 17.1. The van der Waals surface area contributed by atoms with Crippen LogP contribution in [0.1, 0.15) is 169 Å². The summed E-state index contributed by atoms with van der Waals surface area (Å²) >= 11 is 0. The second-order valence-corrected chi connectivity index (χ2v) is 38.8. The Morgan fingerprint density at radius 1 is 0.228 bits per heavy atom. The Bertz CT molecular complexity index is 6050. The fourth-order valence-electron chi connectivity index (χ4n) is 17.1. The van der Waals surface area contributed by atoms with Crippen LogP contribution in [0.25, 0.3) is 0 Å². The molecule has 750 valence electrons. The molecular weight excluding hydrogens is 1800 g/mol. The Kier molecular flexibility index (Phi) is 42.4. The smallest absolute Gasteiger partial charge is 0.269 e. The van der Waals surface area contributed by atoms with Crippen LogP contribution < -0.4 is 15.5 Å². The van der Waals surface area contributed by atoms with Crippen LogP contribution in [0.4, 0.5) is 45.5 Å². The lowest BCUT2D eigenvalue weighted by Gasteiger charge is -2.25. The van der Waals surface area contributed by atoms with Crippen LogP contribution in [0, 0.1) is 47.7 Å². The number of nitro groups is 3. The van der Waals surface area contributed by atoms with Crippen LogP contribution in [0.5, 0.6) is 0 Å². The highest BCUT2D eigenvalue weighted by Crippen LogP contribution is 2.30. The molecule has 0 amide bonds. The van der Waals surface area contributed by atoms with Crippen molar-refractivity contribution in [2.45, 2.75) is 185 Å². The number of nitro benzene ring substituents is 3. The number of nitrogens with two attached hydrogens (primary N) is 1. The van der Waals surface area contributed by atoms with Crippen molar-refractivity contribution in [3.05, 3.63) is 529 Å². The molecule has 145 heavy (non-hydrogen) atoms. The summed E-state index contributed by atoms with van der Waals surface area (Å²) in [6.07, 6.45) is 0. The van der Waals surface area contributed by atoms with Crippen LogP contribution in [0.2, 0.25) is 0 Å². The van der Waals surface area contributed by atoms with Crippen LogP contribution in [-0.2, 0) is 109 Å². The number of rotatable bonds is 41. The first kappa shape index (κ1) is 110. The minimum Gasteiger partial charge on any atom is -0.619 e. The number of benzene rings is 15. The van der Waals surface area contributed by atoms with Crippen molar-refractivity contribution in [3.8, 4) is 0 Å². The van der Waals surface area contributed by atoms with Gasteiger partial charge in [0.05, 0.1) is 14.8 Å². The SMILES string of the molecule is C=[N+]([O-])c1ccc(CN(Cc2ccc([N+](=O)[O-])cc2)Cc2ccc([N+](=O)[O-])cc2)cc1.C=[N+]([O-])c1ccc(CN(Cc2ccccc2)Cc2ccc([N+](=O)[O-])cc2)cc1.CC(C)(C)c1ccc(CN(Cc2ccccc2)Cc2ccc(C(C)(C)C)cc2)cc1.CCN(CC)c1ccc(CN(Cc2ccccc2)Cc2ccc(N(CC)CC)cc2)cc1.Cc1ccc(CN(Cc2ccccc2)Cc2ccc(N)cc2)cc1. The summed E-state index contributed by atoms with van der Waals surface area (Å²) in [5.74, 6) is 0. The Balaban J connectivity index is 0.000000173. The highest BCUT2D eigenvalue weighted by molar-refractivity contribution is 5.50. The first-order valence-corrected chi connectivity index (χ1v) is 49.8. The summed E-state index contributed by atoms with van der Waals surface area (Å²) in [6.45, 7) is 47.5. The van der Waals surface area contributed by atoms with Crippen molar-refractivity contribution < 1.29 is 24.2 Å². The number of anilines is 3. The maximum absolute atomic E-state index is 11.3. The minimum atomic E-state index is -0.443. The van der Waals surface area contributed by atoms with Crippen molar-refractivity contribution in [1.29, 1.82) is 0 Å². The van der Waals surface area contributed by atoms with Crippen LogP contribution in [-0.4, -0.2) is 88.4 Å². The van der Waals surface area contributed by atoms with Gasteiger partial charge in [0, 0.05) is 202 Å². The van der Waals surface area contributed by atoms with E-state index in [1.54, 1.807) is 60.7 Å². The molecule has 0 aliphatic heterocycles. The van der Waals surface area contributed by atoms with Gasteiger partial charge in [-0.1, -0.05) is 338 Å². The van der Waals surface area contributed by atoms with Gasteiger partial charge in [-0.2, -0.15) is 9.48 Å². The molecule has 15 aromatic rings. The molecule has 15 rings (SSSR count). The fraction of sp³-hybridized carbons (Fsp3) is 0.258. The highest BCUT2D eigenvalue weighted by Gasteiger charge is 2.21. The van der Waals surface area contributed by atoms with E-state index in [4.69, 9.17) is 5.73 Å². The third-order valence-electron chi connectivity index (χ3n) is 25.2. The standard InChI is InChI=1S/C29H39N3.C29H37N.C22H20N4O5.C22H21N3O3.C22H24N2/c1-5-31(6-2)28-18-14-26(15-19-28)23-30(22-25-12-10-9-11-13-25)24-27-16-20-29(21-17-27)32(7-3)8-4;1-28(2,3)26-16-12-24(13-17-26)21-30(20-23-10-8-7-9-11-23)22-25-14-18-27(19-15-25)29(4,5)6;1-23(27)20-8-2-17(3-9-20)14-24(15-18-4-10-21(11-5-18)25(28)29)16-19-6-12-22(13-7-19)26(30)31;1-23(26)21-11-7-19(8-12-21)16-24(15-18-5-3-2-4-6-18)17-20-9-13-22(14-10-20)25(27)28;1-18-7-9-20(10-8-18)16-24(15-19-5-3-2-4-6-19)17-21-11-13-22(23)14-12-21/h9-21H,5-8,22-24H2,1-4H3;7-19H,20-22H2,1-6H3;2-13H,1,14-16H2;2-14H,1,15-17H2;2-14H,15-17,23H2,1H3. The van der Waals surface area contributed by atoms with E-state index in [1.165, 1.54) is 120 Å². The molecule has 0 spiro atoms. The molecule has 21 nitrogen and oxygen atoms in total. The van der Waals surface area contributed by atoms with Gasteiger partial charge in [0.1, 0.15) is 13.4 Å². The summed E-state index contributed by atoms with van der Waals surface area (Å²) in [4.78, 5) is 48.0. The molecule has 0 atom stereocenters. The Morgan fingerprint density at radius 3 is 0.559 bits per heavy atom. The average Bonchev–Trinajstić information content (AvgIpc) is 0.830. The van der Waals surface area contributed by atoms with Crippen molar-refractivity contribution in [1.82, 2.24) is 24.5 Å². The third kappa shape index (κ3) is 37.5. The van der Waals surface area contributed by atoms with Gasteiger partial charge in [-0.05, 0) is 176 Å². The quantitative estimate of drug-likeness (QED) is 0.00937. The van der Waals surface area contributed by atoms with Crippen LogP contribution in [0.15, 0.2) is 388 Å². The van der Waals surface area contributed by atoms with Gasteiger partial charge < -0.3 is 25.9 Å². The molecule has 0 aromatic heterocycles. The lowest BCUT2D eigenvalue weighted by molar-refractivity contribution is -0.385. The third-order valence-corrected chi connectivity index (χ3v) is 25.2. The molecule has 21 heteroatoms. The molecule has 0 heterocycles. The van der Waals surface area contributed by atoms with E-state index in [-0.39, 0.29) is 27.9 Å². The summed E-state index contributed by atoms with van der Waals surface area (Å²) in [6, 6.07) is 130. The van der Waals surface area contributed by atoms with E-state index in [0.29, 0.717) is 53.6 Å². The average molecular weight is 1940 g/mol. The van der Waals surface area contributed by atoms with E-state index in [0.717, 1.165) is 125 Å². The molecule has 0 aliphatic carbocycles. The zero-order valence-electron chi connectivity index (χ0n) is 86.0. The maximum atomic E-state index is 11.3. The maximum Gasteiger partial charge on any atom is 0.269 e. The Hall–Kier alpha value is -15.4. The van der Waals surface area contributed by atoms with Gasteiger partial charge in [-0.25, -0.2) is 0 Å². The number of nitrogens with zero attached hydrogens (tertiary/aromatic N) is 12. The van der Waals surface area contributed by atoms with E-state index in [9.17, 15) is 40.8 Å². The first-order chi connectivity index (χ1) is 69.8. The predicted molar refractivity (Wildman–Crippen MR) is 596 cm³/mol. The van der Waals surface area contributed by atoms with E-state index < -0.39 is 14.8 Å². The van der Waals surface area contributed by atoms with Gasteiger partial charge in [0.25, 0.3) is 17.1 Å². The van der Waals surface area contributed by atoms with Crippen LogP contribution >= 0.6 is 0 Å². The van der Waals surface area contributed by atoms with Crippen LogP contribution in [0.3, 0.4) is 0 Å². The van der Waals surface area contributed by atoms with E-state index in [2.05, 4.69) is 360 Å². The summed E-state index contributed by atoms with van der Waals surface area (Å²) in [5.41, 5.74) is 32.9. The number of hydrogen-bond donors (Lipinski definition) is 1. The van der Waals surface area contributed by atoms with Crippen molar-refractivity contribution in [2.24, 2.45) is 0 Å². The van der Waals surface area contributed by atoms with E-state index in [1.807, 2.05) is 54.6 Å². The molecular formula is C124H141N13O8. The molecule has 0 fully saturated rings. The van der Waals surface area contributed by atoms with Crippen molar-refractivity contribution >= 4 is 58.9 Å². The van der Waals surface area contributed by atoms with Gasteiger partial charge >= 0.3 is 0 Å². The molecule has 2 N–H and O–H groups in total. The Morgan fingerprint density at radius 2 is 0.386 bits per heavy atom. The number of aryl methyl sites for hydroxylation is 1. The van der Waals surface area contributed by atoms with Crippen molar-refractivity contribution in [3.63, 3.8) is 0 Å². The normalized spacial score (nSPS) is 11.2. The Labute approximate surface area is 858 Å². The molecule has 0 radical (unpaired) electrons. The second kappa shape index (κ2) is 55.9. The van der Waals surface area contributed by atoms with Gasteiger partial charge in [0.15, 0.2) is 0 Å². The molecule has 0 aliphatic rings. The number of non-ortho nitro benzene ring substituents is 3. The molecule has 0 unspecified atom stereocenters. The zero-order valence-corrected chi connectivity index (χ0v) is 86.0. The largest absolute Gasteiger partial charge is 0.619 e. The lowest BCUT2D eigenvalue weighted by atomic mass is 9.86. The topological polar surface area (TPSA) is 230 Å². The summed E-state index contributed by atoms with van der Waals surface area (Å²) in [7, 11) is 0. The molecule has 0 saturated heterocycles. The number of hydrogen-bond acceptors (Lipinski definition) is 16. The van der Waals surface area contributed by atoms with E-state index >= 15 is 0 Å². The van der Waals surface area contributed by atoms with Gasteiger partial charge in [-0.3, -0.25) is 54.8 Å². The zero-order chi connectivity index (χ0) is 104. The molecule has 15 aromatic carbocycles. The number of nitrogen functional groups attached to an aromatic ring is 1. The van der Waals surface area contributed by atoms with Gasteiger partial charge in [-0.15, -0.1) is 0 Å². The summed E-state index contributed by atoms with van der Waals surface area (Å²) in [5, 5.41) is 55.2. The highest BCUT2D eigenvalue weighted by atomic mass is 16.6. The summed E-state index contributed by atoms with van der Waals surface area (Å²) < 4.78 is 1.12. The first-order valence-electron chi connectivity index (χ1n) is 49.8.